The molecule has 2 heteroatoms. The van der Waals surface area contributed by atoms with Gasteiger partial charge in [-0.15, -0.1) is 0 Å². The molecule has 2 aliphatic carbocycles. The van der Waals surface area contributed by atoms with E-state index in [2.05, 4.69) is 37.5 Å². The first-order valence-electron chi connectivity index (χ1n) is 10.4. The van der Waals surface area contributed by atoms with Crippen molar-refractivity contribution in [2.24, 2.45) is 29.1 Å². The van der Waals surface area contributed by atoms with Gasteiger partial charge in [-0.2, -0.15) is 0 Å². The minimum absolute atomic E-state index is 0.744. The number of likely N-dealkylation sites (tertiary alicyclic amines) is 2. The molecule has 0 radical (unpaired) electrons. The van der Waals surface area contributed by atoms with Crippen LogP contribution in [0.1, 0.15) is 66.2 Å². The highest BCUT2D eigenvalue weighted by atomic mass is 15.2. The maximum atomic E-state index is 2.91. The van der Waals surface area contributed by atoms with Gasteiger partial charge in [0.25, 0.3) is 0 Å². The molecule has 2 nitrogen and oxygen atoms in total. The zero-order valence-corrected chi connectivity index (χ0v) is 15.9. The smallest absolute Gasteiger partial charge is 0.0106 e. The molecular weight excluding hydrogens is 280 g/mol. The molecule has 0 N–H and O–H groups in total. The molecule has 4 rings (SSSR count). The predicted octanol–water partition coefficient (Wildman–Crippen LogP) is 4.25. The van der Waals surface area contributed by atoms with Crippen molar-refractivity contribution < 1.29 is 0 Å². The number of hydrogen-bond acceptors (Lipinski definition) is 2. The Bertz CT molecular complexity index is 400. The molecule has 0 aromatic rings. The van der Waals surface area contributed by atoms with E-state index >= 15 is 0 Å². The van der Waals surface area contributed by atoms with Gasteiger partial charge in [0.15, 0.2) is 0 Å². The maximum absolute atomic E-state index is 2.91. The van der Waals surface area contributed by atoms with Crippen LogP contribution in [0.4, 0.5) is 0 Å². The topological polar surface area (TPSA) is 6.48 Å². The molecule has 2 unspecified atom stereocenters. The van der Waals surface area contributed by atoms with Crippen LogP contribution in [0.5, 0.6) is 0 Å². The second-order valence-corrected chi connectivity index (χ2v) is 10.1. The normalized spacial score (nSPS) is 38.6. The summed E-state index contributed by atoms with van der Waals surface area (Å²) in [7, 11) is 0. The van der Waals surface area contributed by atoms with Crippen LogP contribution in [0, 0.1) is 29.1 Å². The average Bonchev–Trinajstić information content (AvgIpc) is 3.03. The van der Waals surface area contributed by atoms with Gasteiger partial charge in [-0.05, 0) is 94.5 Å². The minimum atomic E-state index is 0.744. The van der Waals surface area contributed by atoms with Crippen LogP contribution in [0.25, 0.3) is 0 Å². The molecule has 2 saturated heterocycles. The Morgan fingerprint density at radius 3 is 1.91 bits per heavy atom. The molecule has 0 aromatic heterocycles. The van der Waals surface area contributed by atoms with Crippen LogP contribution in [0.2, 0.25) is 0 Å². The van der Waals surface area contributed by atoms with Crippen molar-refractivity contribution in [2.75, 3.05) is 26.2 Å². The Labute approximate surface area is 144 Å². The van der Waals surface area contributed by atoms with Crippen LogP contribution < -0.4 is 0 Å². The molecule has 4 fully saturated rings. The van der Waals surface area contributed by atoms with Gasteiger partial charge in [0.1, 0.15) is 0 Å². The molecule has 2 atom stereocenters. The minimum Gasteiger partial charge on any atom is -0.301 e. The van der Waals surface area contributed by atoms with Gasteiger partial charge >= 0.3 is 0 Å². The lowest BCUT2D eigenvalue weighted by molar-refractivity contribution is -0.0432. The van der Waals surface area contributed by atoms with Gasteiger partial charge < -0.3 is 4.90 Å². The molecule has 132 valence electrons. The first-order valence-corrected chi connectivity index (χ1v) is 10.4. The Balaban J connectivity index is 1.25. The van der Waals surface area contributed by atoms with Gasteiger partial charge in [0.05, 0.1) is 0 Å². The van der Waals surface area contributed by atoms with Gasteiger partial charge in [0.2, 0.25) is 0 Å². The third-order valence-corrected chi connectivity index (χ3v) is 8.20. The third-order valence-electron chi connectivity index (χ3n) is 8.20. The molecule has 0 amide bonds. The summed E-state index contributed by atoms with van der Waals surface area (Å²) in [6.45, 7) is 15.2. The van der Waals surface area contributed by atoms with Crippen molar-refractivity contribution in [1.29, 1.82) is 0 Å². The second-order valence-electron chi connectivity index (χ2n) is 10.1. The fourth-order valence-corrected chi connectivity index (χ4v) is 6.35. The molecule has 2 heterocycles. The first kappa shape index (κ1) is 16.4. The van der Waals surface area contributed by atoms with E-state index in [1.54, 1.807) is 0 Å². The SMILES string of the molecule is CC(C)C1CC2CN(C3CC4(CCN(C(C)C)CC4)C3)CC2C1. The lowest BCUT2D eigenvalue weighted by Crippen LogP contribution is -2.55. The quantitative estimate of drug-likeness (QED) is 0.767. The van der Waals surface area contributed by atoms with E-state index in [9.17, 15) is 0 Å². The lowest BCUT2D eigenvalue weighted by Gasteiger charge is -2.55. The zero-order chi connectivity index (χ0) is 16.2. The predicted molar refractivity (Wildman–Crippen MR) is 97.5 cm³/mol. The highest BCUT2D eigenvalue weighted by molar-refractivity contribution is 5.04. The van der Waals surface area contributed by atoms with Crippen molar-refractivity contribution in [1.82, 2.24) is 9.80 Å². The Morgan fingerprint density at radius 1 is 0.870 bits per heavy atom. The number of hydrogen-bond donors (Lipinski definition) is 0. The third kappa shape index (κ3) is 2.99. The molecule has 0 bridgehead atoms. The van der Waals surface area contributed by atoms with Gasteiger partial charge in [-0.3, -0.25) is 4.90 Å². The summed E-state index contributed by atoms with van der Waals surface area (Å²) in [6.07, 6.45) is 9.04. The van der Waals surface area contributed by atoms with Crippen molar-refractivity contribution in [3.63, 3.8) is 0 Å². The van der Waals surface area contributed by atoms with E-state index in [0.717, 1.165) is 41.2 Å². The standard InChI is InChI=1S/C21H38N2/c1-15(2)17-9-18-13-23(14-19(18)10-17)20-11-21(12-20)5-7-22(8-6-21)16(3)4/h15-20H,5-14H2,1-4H3. The number of piperidine rings is 1. The molecule has 23 heavy (non-hydrogen) atoms. The molecule has 4 aliphatic rings. The van der Waals surface area contributed by atoms with E-state index in [1.165, 1.54) is 64.7 Å². The zero-order valence-electron chi connectivity index (χ0n) is 15.9. The highest BCUT2D eigenvalue weighted by Gasteiger charge is 2.51. The van der Waals surface area contributed by atoms with Gasteiger partial charge in [0, 0.05) is 25.2 Å². The van der Waals surface area contributed by atoms with Crippen LogP contribution in [-0.4, -0.2) is 48.1 Å². The van der Waals surface area contributed by atoms with Crippen LogP contribution in [0.15, 0.2) is 0 Å². The summed E-state index contributed by atoms with van der Waals surface area (Å²) >= 11 is 0. The molecule has 2 aliphatic heterocycles. The number of fused-ring (bicyclic) bond motifs is 1. The fraction of sp³-hybridized carbons (Fsp3) is 1.00. The maximum Gasteiger partial charge on any atom is 0.0106 e. The average molecular weight is 319 g/mol. The Hall–Kier alpha value is -0.0800. The van der Waals surface area contributed by atoms with Crippen LogP contribution in [-0.2, 0) is 0 Å². The fourth-order valence-electron chi connectivity index (χ4n) is 6.35. The van der Waals surface area contributed by atoms with E-state index < -0.39 is 0 Å². The summed E-state index contributed by atoms with van der Waals surface area (Å²) in [5, 5.41) is 0. The molecular formula is C21H38N2. The summed E-state index contributed by atoms with van der Waals surface area (Å²) in [5.74, 6) is 4.02. The Kier molecular flexibility index (Phi) is 4.29. The monoisotopic (exact) mass is 318 g/mol. The van der Waals surface area contributed by atoms with Crippen molar-refractivity contribution in [2.45, 2.75) is 78.3 Å². The summed E-state index contributed by atoms with van der Waals surface area (Å²) in [6, 6.07) is 1.69. The molecule has 2 saturated carbocycles. The first-order chi connectivity index (χ1) is 11.0. The largest absolute Gasteiger partial charge is 0.301 e. The van der Waals surface area contributed by atoms with E-state index in [1.807, 2.05) is 0 Å². The summed E-state index contributed by atoms with van der Waals surface area (Å²) in [5.41, 5.74) is 0.744. The van der Waals surface area contributed by atoms with E-state index in [-0.39, 0.29) is 0 Å². The van der Waals surface area contributed by atoms with Crippen molar-refractivity contribution in [3.05, 3.63) is 0 Å². The Morgan fingerprint density at radius 2 is 1.43 bits per heavy atom. The molecule has 1 spiro atoms. The molecule has 0 aromatic carbocycles. The second kappa shape index (κ2) is 6.02. The van der Waals surface area contributed by atoms with Gasteiger partial charge in [-0.25, -0.2) is 0 Å². The van der Waals surface area contributed by atoms with E-state index in [0.29, 0.717) is 0 Å². The van der Waals surface area contributed by atoms with E-state index in [4.69, 9.17) is 0 Å². The van der Waals surface area contributed by atoms with Crippen LogP contribution >= 0.6 is 0 Å². The number of nitrogens with zero attached hydrogens (tertiary/aromatic N) is 2. The van der Waals surface area contributed by atoms with Crippen molar-refractivity contribution >= 4 is 0 Å². The summed E-state index contributed by atoms with van der Waals surface area (Å²) < 4.78 is 0. The van der Waals surface area contributed by atoms with Gasteiger partial charge in [-0.1, -0.05) is 13.8 Å². The van der Waals surface area contributed by atoms with Crippen molar-refractivity contribution in [3.8, 4) is 0 Å². The summed E-state index contributed by atoms with van der Waals surface area (Å²) in [4.78, 5) is 5.59. The lowest BCUT2D eigenvalue weighted by atomic mass is 9.60. The van der Waals surface area contributed by atoms with Crippen LogP contribution in [0.3, 0.4) is 0 Å². The highest BCUT2D eigenvalue weighted by Crippen LogP contribution is 2.53. The number of rotatable bonds is 3.